The van der Waals surface area contributed by atoms with Gasteiger partial charge >= 0.3 is 0 Å². The Bertz CT molecular complexity index is 201. The molecule has 74 valence electrons. The van der Waals surface area contributed by atoms with Crippen LogP contribution in [-0.2, 0) is 0 Å². The van der Waals surface area contributed by atoms with E-state index in [2.05, 4.69) is 25.2 Å². The number of nitriles is 1. The van der Waals surface area contributed by atoms with Crippen molar-refractivity contribution in [3.05, 3.63) is 0 Å². The number of nitrogens with zero attached hydrogens (tertiary/aromatic N) is 1. The molecule has 0 aromatic rings. The first-order valence-corrected chi connectivity index (χ1v) is 4.91. The Morgan fingerprint density at radius 3 is 2.62 bits per heavy atom. The van der Waals surface area contributed by atoms with Gasteiger partial charge in [-0.15, -0.1) is 0 Å². The predicted octanol–water partition coefficient (Wildman–Crippen LogP) is 0.897. The summed E-state index contributed by atoms with van der Waals surface area (Å²) in [4.78, 5) is 0. The van der Waals surface area contributed by atoms with Crippen molar-refractivity contribution in [3.8, 4) is 6.07 Å². The van der Waals surface area contributed by atoms with Crippen LogP contribution < -0.4 is 5.32 Å². The zero-order valence-corrected chi connectivity index (χ0v) is 8.38. The molecule has 3 nitrogen and oxygen atoms in total. The molecular formula is C10H18N2O. The minimum absolute atomic E-state index is 0.107. The van der Waals surface area contributed by atoms with E-state index in [1.165, 1.54) is 0 Å². The van der Waals surface area contributed by atoms with Gasteiger partial charge in [-0.3, -0.25) is 5.32 Å². The maximum Gasteiger partial charge on any atom is 0.107 e. The van der Waals surface area contributed by atoms with Crippen LogP contribution >= 0.6 is 0 Å². The maximum absolute atomic E-state index is 8.97. The molecule has 0 amide bonds. The van der Waals surface area contributed by atoms with Gasteiger partial charge in [0.1, 0.15) is 5.54 Å². The fraction of sp³-hybridized carbons (Fsp3) is 0.900. The topological polar surface area (TPSA) is 56.0 Å². The number of rotatable bonds is 4. The van der Waals surface area contributed by atoms with Gasteiger partial charge in [-0.25, -0.2) is 0 Å². The summed E-state index contributed by atoms with van der Waals surface area (Å²) >= 11 is 0. The summed E-state index contributed by atoms with van der Waals surface area (Å²) in [6.45, 7) is 5.02. The summed E-state index contributed by atoms with van der Waals surface area (Å²) in [7, 11) is 0. The molecule has 0 saturated heterocycles. The lowest BCUT2D eigenvalue weighted by Crippen LogP contribution is -2.56. The molecule has 1 saturated carbocycles. The molecule has 0 atom stereocenters. The molecule has 0 aromatic carbocycles. The van der Waals surface area contributed by atoms with Crippen molar-refractivity contribution in [2.24, 2.45) is 11.8 Å². The molecule has 1 rings (SSSR count). The Kier molecular flexibility index (Phi) is 3.29. The van der Waals surface area contributed by atoms with Gasteiger partial charge in [0, 0.05) is 6.54 Å². The third-order valence-electron chi connectivity index (χ3n) is 2.95. The van der Waals surface area contributed by atoms with Gasteiger partial charge in [0.25, 0.3) is 0 Å². The summed E-state index contributed by atoms with van der Waals surface area (Å²) in [5.41, 5.74) is -0.336. The second-order valence-corrected chi connectivity index (χ2v) is 4.26. The largest absolute Gasteiger partial charge is 0.395 e. The van der Waals surface area contributed by atoms with Crippen LogP contribution in [0, 0.1) is 23.2 Å². The van der Waals surface area contributed by atoms with Gasteiger partial charge in [0.15, 0.2) is 0 Å². The molecule has 1 aliphatic carbocycles. The molecular weight excluding hydrogens is 164 g/mol. The molecule has 0 spiro atoms. The van der Waals surface area contributed by atoms with Gasteiger partial charge < -0.3 is 5.11 Å². The van der Waals surface area contributed by atoms with Crippen LogP contribution in [0.25, 0.3) is 0 Å². The summed E-state index contributed by atoms with van der Waals surface area (Å²) in [5.74, 6) is 1.34. The molecule has 0 aromatic heterocycles. The fourth-order valence-electron chi connectivity index (χ4n) is 1.88. The van der Waals surface area contributed by atoms with Gasteiger partial charge in [-0.2, -0.15) is 5.26 Å². The van der Waals surface area contributed by atoms with E-state index >= 15 is 0 Å². The molecule has 2 N–H and O–H groups in total. The molecule has 13 heavy (non-hydrogen) atoms. The molecule has 0 aliphatic heterocycles. The van der Waals surface area contributed by atoms with Crippen molar-refractivity contribution in [2.75, 3.05) is 13.2 Å². The van der Waals surface area contributed by atoms with E-state index in [0.717, 1.165) is 12.8 Å². The maximum atomic E-state index is 8.97. The van der Waals surface area contributed by atoms with Gasteiger partial charge in [0.2, 0.25) is 0 Å². The van der Waals surface area contributed by atoms with Gasteiger partial charge in [-0.1, -0.05) is 13.8 Å². The highest BCUT2D eigenvalue weighted by Crippen LogP contribution is 2.41. The van der Waals surface area contributed by atoms with Crippen molar-refractivity contribution in [2.45, 2.75) is 32.2 Å². The molecule has 0 bridgehead atoms. The van der Waals surface area contributed by atoms with Crippen molar-refractivity contribution in [3.63, 3.8) is 0 Å². The first kappa shape index (κ1) is 10.5. The SMILES string of the molecule is CC(C)C1CC(C#N)(NCCO)C1. The van der Waals surface area contributed by atoms with E-state index in [1.54, 1.807) is 0 Å². The van der Waals surface area contributed by atoms with Gasteiger partial charge in [-0.05, 0) is 24.7 Å². The Morgan fingerprint density at radius 1 is 1.62 bits per heavy atom. The smallest absolute Gasteiger partial charge is 0.107 e. The highest BCUT2D eigenvalue weighted by molar-refractivity contribution is 5.15. The summed E-state index contributed by atoms with van der Waals surface area (Å²) in [6.07, 6.45) is 1.86. The molecule has 1 aliphatic rings. The van der Waals surface area contributed by atoms with Crippen LogP contribution in [0.4, 0.5) is 0 Å². The van der Waals surface area contributed by atoms with Crippen molar-refractivity contribution in [1.82, 2.24) is 5.32 Å². The van der Waals surface area contributed by atoms with E-state index in [9.17, 15) is 0 Å². The molecule has 3 heteroatoms. The quantitative estimate of drug-likeness (QED) is 0.679. The van der Waals surface area contributed by atoms with E-state index in [-0.39, 0.29) is 12.1 Å². The Labute approximate surface area is 79.8 Å². The van der Waals surface area contributed by atoms with E-state index in [4.69, 9.17) is 10.4 Å². The van der Waals surface area contributed by atoms with Gasteiger partial charge in [0.05, 0.1) is 12.7 Å². The highest BCUT2D eigenvalue weighted by atomic mass is 16.3. The lowest BCUT2D eigenvalue weighted by atomic mass is 9.65. The van der Waals surface area contributed by atoms with Crippen LogP contribution in [0.2, 0.25) is 0 Å². The van der Waals surface area contributed by atoms with Crippen LogP contribution in [0.1, 0.15) is 26.7 Å². The molecule has 0 unspecified atom stereocenters. The molecule has 1 fully saturated rings. The van der Waals surface area contributed by atoms with E-state index in [0.29, 0.717) is 18.4 Å². The third kappa shape index (κ3) is 2.20. The monoisotopic (exact) mass is 182 g/mol. The minimum Gasteiger partial charge on any atom is -0.395 e. The van der Waals surface area contributed by atoms with Crippen LogP contribution in [-0.4, -0.2) is 23.8 Å². The van der Waals surface area contributed by atoms with E-state index in [1.807, 2.05) is 0 Å². The first-order chi connectivity index (χ1) is 6.13. The average molecular weight is 182 g/mol. The fourth-order valence-corrected chi connectivity index (χ4v) is 1.88. The van der Waals surface area contributed by atoms with Crippen molar-refractivity contribution < 1.29 is 5.11 Å². The van der Waals surface area contributed by atoms with Crippen LogP contribution in [0.5, 0.6) is 0 Å². The number of aliphatic hydroxyl groups is 1. The normalized spacial score (nSPS) is 32.7. The standard InChI is InChI=1S/C10H18N2O/c1-8(2)9-5-10(6-9,7-11)12-3-4-13/h8-9,12-13H,3-6H2,1-2H3. The number of hydrogen-bond acceptors (Lipinski definition) is 3. The third-order valence-corrected chi connectivity index (χ3v) is 2.95. The number of hydrogen-bond donors (Lipinski definition) is 2. The Balaban J connectivity index is 2.37. The predicted molar refractivity (Wildman–Crippen MR) is 51.0 cm³/mol. The van der Waals surface area contributed by atoms with Crippen LogP contribution in [0.3, 0.4) is 0 Å². The number of aliphatic hydroxyl groups excluding tert-OH is 1. The summed E-state index contributed by atoms with van der Waals surface area (Å²) < 4.78 is 0. The van der Waals surface area contributed by atoms with Crippen LogP contribution in [0.15, 0.2) is 0 Å². The second kappa shape index (κ2) is 4.08. The molecule has 0 heterocycles. The lowest BCUT2D eigenvalue weighted by molar-refractivity contribution is 0.109. The Hall–Kier alpha value is -0.590. The summed E-state index contributed by atoms with van der Waals surface area (Å²) in [6, 6.07) is 2.31. The number of β-amino-alcohol motifs (C(OH)–C–C–N with tert-alkyl or cyclic N) is 1. The Morgan fingerprint density at radius 2 is 2.23 bits per heavy atom. The van der Waals surface area contributed by atoms with Crippen molar-refractivity contribution >= 4 is 0 Å². The summed E-state index contributed by atoms with van der Waals surface area (Å²) in [5, 5.41) is 20.7. The first-order valence-electron chi connectivity index (χ1n) is 4.91. The van der Waals surface area contributed by atoms with Crippen molar-refractivity contribution in [1.29, 1.82) is 5.26 Å². The molecule has 0 radical (unpaired) electrons. The zero-order valence-electron chi connectivity index (χ0n) is 8.38. The average Bonchev–Trinajstić information content (AvgIpc) is 2.03. The zero-order chi connectivity index (χ0) is 9.90. The number of nitrogens with one attached hydrogen (secondary N) is 1. The van der Waals surface area contributed by atoms with E-state index < -0.39 is 0 Å². The highest BCUT2D eigenvalue weighted by Gasteiger charge is 2.45. The minimum atomic E-state index is -0.336. The lowest BCUT2D eigenvalue weighted by Gasteiger charge is -2.45. The second-order valence-electron chi connectivity index (χ2n) is 4.26.